The van der Waals surface area contributed by atoms with E-state index in [0.29, 0.717) is 0 Å². The molecule has 9 heteroatoms. The first-order valence-electron chi connectivity index (χ1n) is 6.19. The maximum atomic E-state index is 11.8. The molecular weight excluding hydrogens is 333 g/mol. The fourth-order valence-electron chi connectivity index (χ4n) is 1.75. The highest BCUT2D eigenvalue weighted by Crippen LogP contribution is 2.38. The van der Waals surface area contributed by atoms with Gasteiger partial charge in [-0.3, -0.25) is 4.79 Å². The number of aromatic nitrogens is 3. The third-order valence-electron chi connectivity index (χ3n) is 2.53. The fourth-order valence-corrected chi connectivity index (χ4v) is 2.39. The van der Waals surface area contributed by atoms with Crippen LogP contribution in [0.4, 0.5) is 0 Å². The number of hydrogen-bond acceptors (Lipinski definition) is 6. The van der Waals surface area contributed by atoms with Gasteiger partial charge in [0.2, 0.25) is 0 Å². The number of esters is 2. The van der Waals surface area contributed by atoms with Crippen LogP contribution in [0, 0.1) is 0 Å². The highest BCUT2D eigenvalue weighted by molar-refractivity contribution is 6.39. The lowest BCUT2D eigenvalue weighted by Gasteiger charge is -2.08. The zero-order valence-electron chi connectivity index (χ0n) is 11.6. The second-order valence-electron chi connectivity index (χ2n) is 4.10. The van der Waals surface area contributed by atoms with Crippen LogP contribution >= 0.6 is 23.2 Å². The van der Waals surface area contributed by atoms with Gasteiger partial charge >= 0.3 is 11.9 Å². The van der Waals surface area contributed by atoms with Crippen LogP contribution in [0.1, 0.15) is 24.3 Å². The van der Waals surface area contributed by atoms with Crippen LogP contribution in [-0.4, -0.2) is 34.0 Å². The van der Waals surface area contributed by atoms with Crippen molar-refractivity contribution >= 4 is 35.1 Å². The Morgan fingerprint density at radius 3 is 2.41 bits per heavy atom. The first kappa shape index (κ1) is 16.3. The summed E-state index contributed by atoms with van der Waals surface area (Å²) in [6, 6.07) is 2.79. The van der Waals surface area contributed by atoms with E-state index in [2.05, 4.69) is 15.4 Å². The molecule has 0 aliphatic rings. The number of carbonyl (C=O) groups excluding carboxylic acids is 2. The van der Waals surface area contributed by atoms with E-state index in [0.717, 1.165) is 0 Å². The smallest absolute Gasteiger partial charge is 0.361 e. The first-order valence-corrected chi connectivity index (χ1v) is 6.95. The van der Waals surface area contributed by atoms with Crippen molar-refractivity contribution in [2.24, 2.45) is 0 Å². The lowest BCUT2D eigenvalue weighted by Crippen LogP contribution is -2.07. The average molecular weight is 344 g/mol. The first-order chi connectivity index (χ1) is 10.4. The molecule has 0 unspecified atom stereocenters. The Bertz CT molecular complexity index is 707. The number of benzene rings is 1. The third kappa shape index (κ3) is 3.37. The molecule has 0 fully saturated rings. The van der Waals surface area contributed by atoms with Crippen molar-refractivity contribution in [2.45, 2.75) is 13.8 Å². The van der Waals surface area contributed by atoms with Gasteiger partial charge in [0.15, 0.2) is 5.69 Å². The van der Waals surface area contributed by atoms with Crippen LogP contribution in [0.5, 0.6) is 5.75 Å². The minimum Gasteiger partial charge on any atom is -0.461 e. The molecule has 2 aromatic rings. The molecule has 1 heterocycles. The molecule has 0 atom stereocenters. The molecule has 0 saturated carbocycles. The van der Waals surface area contributed by atoms with Crippen LogP contribution < -0.4 is 4.74 Å². The molecule has 0 bridgehead atoms. The summed E-state index contributed by atoms with van der Waals surface area (Å²) in [4.78, 5) is 22.8. The van der Waals surface area contributed by atoms with Gasteiger partial charge < -0.3 is 9.47 Å². The number of aromatic amines is 1. The maximum Gasteiger partial charge on any atom is 0.361 e. The molecule has 0 amide bonds. The van der Waals surface area contributed by atoms with Gasteiger partial charge in [0.25, 0.3) is 0 Å². The average Bonchev–Trinajstić information content (AvgIpc) is 2.86. The Morgan fingerprint density at radius 1 is 1.23 bits per heavy atom. The molecule has 0 aliphatic heterocycles. The topological polar surface area (TPSA) is 94.2 Å². The second-order valence-corrected chi connectivity index (χ2v) is 4.91. The summed E-state index contributed by atoms with van der Waals surface area (Å²) in [5, 5.41) is 10.3. The molecule has 0 aliphatic carbocycles. The molecule has 0 radical (unpaired) electrons. The van der Waals surface area contributed by atoms with E-state index in [1.165, 1.54) is 19.1 Å². The molecule has 0 spiro atoms. The fraction of sp³-hybridized carbons (Fsp3) is 0.231. The number of hydrogen-bond donors (Lipinski definition) is 1. The van der Waals surface area contributed by atoms with Crippen molar-refractivity contribution in [3.8, 4) is 17.0 Å². The Morgan fingerprint density at radius 2 is 1.86 bits per heavy atom. The van der Waals surface area contributed by atoms with E-state index in [1.54, 1.807) is 6.92 Å². The Kier molecular flexibility index (Phi) is 4.99. The summed E-state index contributed by atoms with van der Waals surface area (Å²) in [6.45, 7) is 3.12. The molecule has 2 rings (SSSR count). The van der Waals surface area contributed by atoms with Gasteiger partial charge in [0.05, 0.1) is 16.7 Å². The van der Waals surface area contributed by atoms with Crippen LogP contribution in [0.15, 0.2) is 12.1 Å². The van der Waals surface area contributed by atoms with E-state index in [4.69, 9.17) is 32.7 Å². The molecule has 7 nitrogen and oxygen atoms in total. The van der Waals surface area contributed by atoms with E-state index in [9.17, 15) is 9.59 Å². The van der Waals surface area contributed by atoms with Crippen molar-refractivity contribution in [3.63, 3.8) is 0 Å². The molecule has 22 heavy (non-hydrogen) atoms. The SMILES string of the molecule is CCOC(=O)c1n[nH]nc1-c1c(Cl)cc(OC(C)=O)cc1Cl. The van der Waals surface area contributed by atoms with Gasteiger partial charge in [0, 0.05) is 24.6 Å². The summed E-state index contributed by atoms with van der Waals surface area (Å²) in [6.07, 6.45) is 0. The van der Waals surface area contributed by atoms with Crippen molar-refractivity contribution in [1.29, 1.82) is 0 Å². The quantitative estimate of drug-likeness (QED) is 0.677. The number of nitrogens with zero attached hydrogens (tertiary/aromatic N) is 2. The van der Waals surface area contributed by atoms with E-state index in [-0.39, 0.29) is 39.4 Å². The van der Waals surface area contributed by atoms with E-state index in [1.807, 2.05) is 0 Å². The van der Waals surface area contributed by atoms with Gasteiger partial charge in [-0.05, 0) is 6.92 Å². The Hall–Kier alpha value is -2.12. The third-order valence-corrected chi connectivity index (χ3v) is 3.13. The summed E-state index contributed by atoms with van der Waals surface area (Å²) < 4.78 is 9.81. The highest BCUT2D eigenvalue weighted by atomic mass is 35.5. The molecule has 116 valence electrons. The lowest BCUT2D eigenvalue weighted by atomic mass is 10.1. The zero-order valence-corrected chi connectivity index (χ0v) is 13.2. The summed E-state index contributed by atoms with van der Waals surface area (Å²) in [7, 11) is 0. The molecule has 0 saturated heterocycles. The summed E-state index contributed by atoms with van der Waals surface area (Å²) in [5.74, 6) is -0.969. The minimum absolute atomic E-state index is 0.0362. The molecule has 1 aromatic carbocycles. The molecule has 1 N–H and O–H groups in total. The normalized spacial score (nSPS) is 10.4. The number of carbonyl (C=O) groups is 2. The number of ether oxygens (including phenoxy) is 2. The van der Waals surface area contributed by atoms with Crippen molar-refractivity contribution in [2.75, 3.05) is 6.61 Å². The number of nitrogens with one attached hydrogen (secondary N) is 1. The van der Waals surface area contributed by atoms with Crippen LogP contribution in [0.3, 0.4) is 0 Å². The predicted molar refractivity (Wildman–Crippen MR) is 79.1 cm³/mol. The predicted octanol–water partition coefficient (Wildman–Crippen LogP) is 2.88. The minimum atomic E-state index is -0.651. The summed E-state index contributed by atoms with van der Waals surface area (Å²) in [5.41, 5.74) is 0.407. The summed E-state index contributed by atoms with van der Waals surface area (Å²) >= 11 is 12.3. The Labute approximate surface area is 135 Å². The van der Waals surface area contributed by atoms with Crippen LogP contribution in [0.25, 0.3) is 11.3 Å². The van der Waals surface area contributed by atoms with Crippen molar-refractivity contribution in [1.82, 2.24) is 15.4 Å². The van der Waals surface area contributed by atoms with Crippen molar-refractivity contribution in [3.05, 3.63) is 27.9 Å². The van der Waals surface area contributed by atoms with Gasteiger partial charge in [-0.25, -0.2) is 4.79 Å². The zero-order chi connectivity index (χ0) is 16.3. The number of halogens is 2. The highest BCUT2D eigenvalue weighted by Gasteiger charge is 2.23. The molecular formula is C13H11Cl2N3O4. The largest absolute Gasteiger partial charge is 0.461 e. The molecule has 1 aromatic heterocycles. The van der Waals surface area contributed by atoms with Gasteiger partial charge in [0.1, 0.15) is 11.4 Å². The Balaban J connectivity index is 2.48. The van der Waals surface area contributed by atoms with Gasteiger partial charge in [-0.1, -0.05) is 23.2 Å². The lowest BCUT2D eigenvalue weighted by molar-refractivity contribution is -0.131. The van der Waals surface area contributed by atoms with Crippen molar-refractivity contribution < 1.29 is 19.1 Å². The van der Waals surface area contributed by atoms with Crippen LogP contribution in [0.2, 0.25) is 10.0 Å². The van der Waals surface area contributed by atoms with E-state index >= 15 is 0 Å². The van der Waals surface area contributed by atoms with Crippen LogP contribution in [-0.2, 0) is 9.53 Å². The van der Waals surface area contributed by atoms with E-state index < -0.39 is 11.9 Å². The monoisotopic (exact) mass is 343 g/mol. The van der Waals surface area contributed by atoms with Gasteiger partial charge in [-0.15, -0.1) is 5.10 Å². The number of H-pyrrole nitrogens is 1. The second kappa shape index (κ2) is 6.76. The number of rotatable bonds is 4. The van der Waals surface area contributed by atoms with Gasteiger partial charge in [-0.2, -0.15) is 10.3 Å². The maximum absolute atomic E-state index is 11.8. The standard InChI is InChI=1S/C13H11Cl2N3O4/c1-3-21-13(20)12-11(16-18-17-12)10-8(14)4-7(5-9(10)15)22-6(2)19/h4-5H,3H2,1-2H3,(H,16,17,18).